The van der Waals surface area contributed by atoms with Crippen LogP contribution in [0.4, 0.5) is 17.3 Å². The lowest BCUT2D eigenvalue weighted by Crippen LogP contribution is -2.22. The Hall–Kier alpha value is -2.74. The number of nitro groups is 1. The summed E-state index contributed by atoms with van der Waals surface area (Å²) in [5.74, 6) is 6.04. The summed E-state index contributed by atoms with van der Waals surface area (Å²) in [5.41, 5.74) is 3.43. The first-order valence-corrected chi connectivity index (χ1v) is 6.33. The topological polar surface area (TPSA) is 110 Å². The van der Waals surface area contributed by atoms with Crippen LogP contribution in [0.1, 0.15) is 5.56 Å². The van der Waals surface area contributed by atoms with E-state index in [1.54, 1.807) is 12.4 Å². The van der Waals surface area contributed by atoms with Gasteiger partial charge in [0, 0.05) is 26.0 Å². The van der Waals surface area contributed by atoms with Gasteiger partial charge in [0.25, 0.3) is 5.69 Å². The van der Waals surface area contributed by atoms with E-state index in [-0.39, 0.29) is 11.5 Å². The number of nitrogens with one attached hydrogen (secondary N) is 1. The molecule has 0 bridgehead atoms. The number of hydrogen-bond donors (Lipinski definition) is 2. The third-order valence-electron chi connectivity index (χ3n) is 3.03. The van der Waals surface area contributed by atoms with Crippen molar-refractivity contribution >= 4 is 17.3 Å². The second-order valence-electron chi connectivity index (χ2n) is 4.50. The fourth-order valence-electron chi connectivity index (χ4n) is 1.84. The van der Waals surface area contributed by atoms with Crippen LogP contribution in [-0.4, -0.2) is 28.5 Å². The molecule has 0 atom stereocenters. The van der Waals surface area contributed by atoms with Gasteiger partial charge in [0.2, 0.25) is 0 Å². The van der Waals surface area contributed by atoms with E-state index in [0.717, 1.165) is 12.0 Å². The number of likely N-dealkylation sites (N-methyl/N-ethyl adjacent to an activating group) is 1. The van der Waals surface area contributed by atoms with E-state index < -0.39 is 4.92 Å². The minimum Gasteiger partial charge on any atom is -0.359 e. The van der Waals surface area contributed by atoms with E-state index in [4.69, 9.17) is 5.84 Å². The SMILES string of the molecule is CN(CCc1ccncc1)c1cc([N+](=O)[O-])cc(NN)n1. The largest absolute Gasteiger partial charge is 0.359 e. The summed E-state index contributed by atoms with van der Waals surface area (Å²) in [6.07, 6.45) is 4.25. The number of hydrogen-bond acceptors (Lipinski definition) is 7. The minimum atomic E-state index is -0.470. The predicted molar refractivity (Wildman–Crippen MR) is 79.9 cm³/mol. The Labute approximate surface area is 121 Å². The van der Waals surface area contributed by atoms with Gasteiger partial charge in [-0.05, 0) is 24.1 Å². The normalized spacial score (nSPS) is 10.2. The average molecular weight is 288 g/mol. The molecule has 0 aromatic carbocycles. The molecular weight excluding hydrogens is 272 g/mol. The van der Waals surface area contributed by atoms with Crippen LogP contribution in [0.25, 0.3) is 0 Å². The van der Waals surface area contributed by atoms with Gasteiger partial charge in [-0.15, -0.1) is 0 Å². The van der Waals surface area contributed by atoms with Crippen LogP contribution in [0.3, 0.4) is 0 Å². The second-order valence-corrected chi connectivity index (χ2v) is 4.50. The van der Waals surface area contributed by atoms with E-state index in [0.29, 0.717) is 12.4 Å². The number of rotatable bonds is 6. The van der Waals surface area contributed by atoms with Crippen molar-refractivity contribution < 1.29 is 4.92 Å². The van der Waals surface area contributed by atoms with Gasteiger partial charge in [-0.25, -0.2) is 10.8 Å². The summed E-state index contributed by atoms with van der Waals surface area (Å²) in [4.78, 5) is 20.5. The molecule has 3 N–H and O–H groups in total. The van der Waals surface area contributed by atoms with Crippen molar-refractivity contribution in [1.29, 1.82) is 0 Å². The van der Waals surface area contributed by atoms with Crippen LogP contribution in [0.15, 0.2) is 36.7 Å². The Morgan fingerprint density at radius 1 is 1.38 bits per heavy atom. The Morgan fingerprint density at radius 3 is 2.71 bits per heavy atom. The maximum Gasteiger partial charge on any atom is 0.276 e. The highest BCUT2D eigenvalue weighted by atomic mass is 16.6. The molecule has 0 aliphatic carbocycles. The molecule has 2 aromatic rings. The van der Waals surface area contributed by atoms with Gasteiger partial charge in [-0.3, -0.25) is 15.1 Å². The van der Waals surface area contributed by atoms with Crippen LogP contribution < -0.4 is 16.2 Å². The zero-order chi connectivity index (χ0) is 15.2. The van der Waals surface area contributed by atoms with Crippen LogP contribution in [0, 0.1) is 10.1 Å². The Bertz CT molecular complexity index is 619. The number of nitrogens with zero attached hydrogens (tertiary/aromatic N) is 4. The van der Waals surface area contributed by atoms with Gasteiger partial charge < -0.3 is 10.3 Å². The van der Waals surface area contributed by atoms with Crippen molar-refractivity contribution in [3.8, 4) is 0 Å². The molecule has 0 saturated carbocycles. The number of anilines is 2. The van der Waals surface area contributed by atoms with Crippen molar-refractivity contribution in [1.82, 2.24) is 9.97 Å². The van der Waals surface area contributed by atoms with Gasteiger partial charge in [-0.2, -0.15) is 0 Å². The molecule has 110 valence electrons. The molecule has 0 aliphatic heterocycles. The number of hydrazine groups is 1. The van der Waals surface area contributed by atoms with Crippen LogP contribution in [-0.2, 0) is 6.42 Å². The molecule has 21 heavy (non-hydrogen) atoms. The first-order chi connectivity index (χ1) is 10.1. The molecular formula is C13H16N6O2. The Balaban J connectivity index is 2.12. The number of nitrogen functional groups attached to an aromatic ring is 1. The van der Waals surface area contributed by atoms with Crippen LogP contribution in [0.5, 0.6) is 0 Å². The zero-order valence-electron chi connectivity index (χ0n) is 11.6. The summed E-state index contributed by atoms with van der Waals surface area (Å²) in [7, 11) is 1.83. The molecule has 8 nitrogen and oxygen atoms in total. The van der Waals surface area contributed by atoms with Crippen molar-refractivity contribution in [3.05, 3.63) is 52.3 Å². The molecule has 0 spiro atoms. The van der Waals surface area contributed by atoms with E-state index in [1.807, 2.05) is 24.1 Å². The highest BCUT2D eigenvalue weighted by Crippen LogP contribution is 2.22. The molecule has 0 amide bonds. The summed E-state index contributed by atoms with van der Waals surface area (Å²) in [6, 6.07) is 6.58. The van der Waals surface area contributed by atoms with E-state index >= 15 is 0 Å². The number of pyridine rings is 2. The van der Waals surface area contributed by atoms with Crippen molar-refractivity contribution in [3.63, 3.8) is 0 Å². The quantitative estimate of drug-likeness (QED) is 0.469. The smallest absolute Gasteiger partial charge is 0.276 e. The van der Waals surface area contributed by atoms with Gasteiger partial charge >= 0.3 is 0 Å². The van der Waals surface area contributed by atoms with E-state index in [2.05, 4.69) is 15.4 Å². The van der Waals surface area contributed by atoms with Crippen LogP contribution in [0.2, 0.25) is 0 Å². The summed E-state index contributed by atoms with van der Waals surface area (Å²) >= 11 is 0. The highest BCUT2D eigenvalue weighted by molar-refractivity contribution is 5.55. The van der Waals surface area contributed by atoms with E-state index in [9.17, 15) is 10.1 Å². The molecule has 2 aromatic heterocycles. The van der Waals surface area contributed by atoms with Gasteiger partial charge in [-0.1, -0.05) is 0 Å². The molecule has 8 heteroatoms. The molecule has 2 heterocycles. The minimum absolute atomic E-state index is 0.0521. The maximum atomic E-state index is 10.9. The van der Waals surface area contributed by atoms with Crippen molar-refractivity contribution in [2.75, 3.05) is 23.9 Å². The van der Waals surface area contributed by atoms with Crippen molar-refractivity contribution in [2.45, 2.75) is 6.42 Å². The third kappa shape index (κ3) is 3.86. The average Bonchev–Trinajstić information content (AvgIpc) is 2.53. The fourth-order valence-corrected chi connectivity index (χ4v) is 1.84. The zero-order valence-corrected chi connectivity index (χ0v) is 11.6. The third-order valence-corrected chi connectivity index (χ3v) is 3.03. The van der Waals surface area contributed by atoms with Gasteiger partial charge in [0.15, 0.2) is 0 Å². The summed E-state index contributed by atoms with van der Waals surface area (Å²) in [5, 5.41) is 10.9. The lowest BCUT2D eigenvalue weighted by molar-refractivity contribution is -0.384. The summed E-state index contributed by atoms with van der Waals surface area (Å²) < 4.78 is 0. The Kier molecular flexibility index (Phi) is 4.62. The standard InChI is InChI=1S/C13H16N6O2/c1-18(7-4-10-2-5-15-6-3-10)13-9-11(19(20)21)8-12(16-13)17-14/h2-3,5-6,8-9H,4,7,14H2,1H3,(H,16,17). The summed E-state index contributed by atoms with van der Waals surface area (Å²) in [6.45, 7) is 0.669. The molecule has 0 aliphatic rings. The second kappa shape index (κ2) is 6.62. The lowest BCUT2D eigenvalue weighted by atomic mass is 10.2. The van der Waals surface area contributed by atoms with Gasteiger partial charge in [0.05, 0.1) is 17.1 Å². The van der Waals surface area contributed by atoms with E-state index in [1.165, 1.54) is 12.1 Å². The molecule has 0 unspecified atom stereocenters. The van der Waals surface area contributed by atoms with Crippen molar-refractivity contribution in [2.24, 2.45) is 5.84 Å². The van der Waals surface area contributed by atoms with Gasteiger partial charge in [0.1, 0.15) is 11.6 Å². The molecule has 0 radical (unpaired) electrons. The fraction of sp³-hybridized carbons (Fsp3) is 0.231. The number of aromatic nitrogens is 2. The Morgan fingerprint density at radius 2 is 2.10 bits per heavy atom. The lowest BCUT2D eigenvalue weighted by Gasteiger charge is -2.18. The first kappa shape index (κ1) is 14.7. The number of nitrogens with two attached hydrogens (primary N) is 1. The molecule has 2 rings (SSSR count). The first-order valence-electron chi connectivity index (χ1n) is 6.33. The van der Waals surface area contributed by atoms with Crippen LogP contribution >= 0.6 is 0 Å². The predicted octanol–water partition coefficient (Wildman–Crippen LogP) is 1.35. The molecule has 0 fully saturated rings. The monoisotopic (exact) mass is 288 g/mol. The molecule has 0 saturated heterocycles. The maximum absolute atomic E-state index is 10.9. The highest BCUT2D eigenvalue weighted by Gasteiger charge is 2.13.